The summed E-state index contributed by atoms with van der Waals surface area (Å²) in [5.41, 5.74) is 2.44. The van der Waals surface area contributed by atoms with Crippen molar-refractivity contribution < 1.29 is 9.53 Å². The molecule has 0 saturated carbocycles. The highest BCUT2D eigenvalue weighted by atomic mass is 16.5. The number of nitrogens with zero attached hydrogens (tertiary/aromatic N) is 4. The van der Waals surface area contributed by atoms with Crippen molar-refractivity contribution >= 4 is 17.1 Å². The number of hydrogen-bond acceptors (Lipinski definition) is 5. The van der Waals surface area contributed by atoms with Gasteiger partial charge in [-0.15, -0.1) is 0 Å². The highest BCUT2D eigenvalue weighted by molar-refractivity contribution is 5.90. The van der Waals surface area contributed by atoms with Gasteiger partial charge in [-0.05, 0) is 31.3 Å². The van der Waals surface area contributed by atoms with Gasteiger partial charge in [-0.3, -0.25) is 4.90 Å². The van der Waals surface area contributed by atoms with E-state index in [-0.39, 0.29) is 6.03 Å². The number of nitrogens with one attached hydrogen (secondary N) is 1. The number of aromatic nitrogens is 2. The number of hydrogen-bond donors (Lipinski definition) is 1. The Balaban J connectivity index is 1.36. The number of rotatable bonds is 6. The molecule has 1 fully saturated rings. The molecule has 3 aromatic rings. The second-order valence-electron chi connectivity index (χ2n) is 7.86. The molecule has 1 aromatic heterocycles. The minimum Gasteiger partial charge on any atom is -0.463 e. The first kappa shape index (κ1) is 21.9. The van der Waals surface area contributed by atoms with Crippen molar-refractivity contribution in [3.05, 3.63) is 60.2 Å². The topological polar surface area (TPSA) is 62.6 Å². The number of piperazine rings is 1. The lowest BCUT2D eigenvalue weighted by Crippen LogP contribution is -2.45. The zero-order valence-corrected chi connectivity index (χ0v) is 18.5. The molecule has 0 aliphatic carbocycles. The minimum atomic E-state index is -0.255. The van der Waals surface area contributed by atoms with Crippen LogP contribution in [0.3, 0.4) is 0 Å². The van der Waals surface area contributed by atoms with Crippen molar-refractivity contribution in [1.29, 1.82) is 0 Å². The molecule has 1 aliphatic rings. The summed E-state index contributed by atoms with van der Waals surface area (Å²) in [5, 5.41) is 2.93. The molecule has 1 aliphatic heterocycles. The maximum absolute atomic E-state index is 12.9. The van der Waals surface area contributed by atoms with Gasteiger partial charge >= 0.3 is 12.0 Å². The number of likely N-dealkylation sites (N-methyl/N-ethyl adjacent to an activating group) is 1. The summed E-state index contributed by atoms with van der Waals surface area (Å²) in [5.74, 6) is 6.20. The average Bonchev–Trinajstić information content (AvgIpc) is 3.19. The van der Waals surface area contributed by atoms with Crippen molar-refractivity contribution in [1.82, 2.24) is 24.7 Å². The molecule has 2 heterocycles. The van der Waals surface area contributed by atoms with E-state index in [0.29, 0.717) is 25.6 Å². The second kappa shape index (κ2) is 10.8. The number of para-hydroxylation sites is 2. The number of imidazole rings is 1. The normalized spacial score (nSPS) is 14.7. The summed E-state index contributed by atoms with van der Waals surface area (Å²) >= 11 is 0. The lowest BCUT2D eigenvalue weighted by atomic mass is 10.2. The predicted molar refractivity (Wildman–Crippen MR) is 126 cm³/mol. The van der Waals surface area contributed by atoms with Gasteiger partial charge in [-0.1, -0.05) is 42.2 Å². The molecule has 32 heavy (non-hydrogen) atoms. The molecular formula is C25H29N5O2. The fourth-order valence-corrected chi connectivity index (χ4v) is 3.63. The zero-order valence-electron chi connectivity index (χ0n) is 18.5. The molecule has 0 radical (unpaired) electrons. The van der Waals surface area contributed by atoms with Gasteiger partial charge in [0.2, 0.25) is 0 Å². The molecule has 2 aromatic carbocycles. The van der Waals surface area contributed by atoms with Crippen LogP contribution < -0.4 is 10.1 Å². The van der Waals surface area contributed by atoms with Crippen LogP contribution in [-0.2, 0) is 0 Å². The lowest BCUT2D eigenvalue weighted by molar-refractivity contribution is 0.130. The molecule has 0 bridgehead atoms. The van der Waals surface area contributed by atoms with E-state index in [1.54, 1.807) is 0 Å². The predicted octanol–water partition coefficient (Wildman–Crippen LogP) is 2.66. The third-order valence-electron chi connectivity index (χ3n) is 5.50. The first-order valence-corrected chi connectivity index (χ1v) is 11.0. The van der Waals surface area contributed by atoms with Gasteiger partial charge in [0.1, 0.15) is 6.61 Å². The molecule has 0 atom stereocenters. The largest absolute Gasteiger partial charge is 0.463 e. The number of carbonyl (C=O) groups is 1. The van der Waals surface area contributed by atoms with Crippen LogP contribution in [0.1, 0.15) is 12.0 Å². The molecule has 4 rings (SSSR count). The standard InChI is InChI=1S/C25H29N5O2/c1-28-15-17-29(18-16-28)19-20-32-25-27-22-12-5-6-13-23(22)30(25)24(31)26-14-8-7-11-21-9-3-2-4-10-21/h2-6,9-10,12-13H,8,14-20H2,1H3,(H,26,31). The SMILES string of the molecule is CN1CCN(CCOc2nc3ccccc3n2C(=O)NCCC#Cc2ccccc2)CC1. The van der Waals surface area contributed by atoms with Crippen LogP contribution >= 0.6 is 0 Å². The van der Waals surface area contributed by atoms with Crippen LogP contribution in [0.4, 0.5) is 4.79 Å². The number of ether oxygens (including phenoxy) is 1. The van der Waals surface area contributed by atoms with Crippen molar-refractivity contribution in [2.24, 2.45) is 0 Å². The quantitative estimate of drug-likeness (QED) is 0.480. The minimum absolute atomic E-state index is 0.255. The number of benzene rings is 2. The highest BCUT2D eigenvalue weighted by Gasteiger charge is 2.19. The van der Waals surface area contributed by atoms with E-state index in [1.165, 1.54) is 4.57 Å². The summed E-state index contributed by atoms with van der Waals surface area (Å²) < 4.78 is 7.48. The Bertz CT molecular complexity index is 1090. The van der Waals surface area contributed by atoms with Crippen LogP contribution in [-0.4, -0.2) is 78.3 Å². The van der Waals surface area contributed by atoms with E-state index in [0.717, 1.165) is 49.3 Å². The van der Waals surface area contributed by atoms with Gasteiger partial charge in [0.05, 0.1) is 11.0 Å². The third kappa shape index (κ3) is 5.67. The fourth-order valence-electron chi connectivity index (χ4n) is 3.63. The number of fused-ring (bicyclic) bond motifs is 1. The van der Waals surface area contributed by atoms with Gasteiger partial charge in [-0.25, -0.2) is 9.36 Å². The van der Waals surface area contributed by atoms with Crippen LogP contribution in [0.15, 0.2) is 54.6 Å². The Morgan fingerprint density at radius 1 is 1.06 bits per heavy atom. The van der Waals surface area contributed by atoms with Crippen LogP contribution in [0.25, 0.3) is 11.0 Å². The van der Waals surface area contributed by atoms with Gasteiger partial charge < -0.3 is 15.0 Å². The monoisotopic (exact) mass is 431 g/mol. The van der Waals surface area contributed by atoms with Crippen LogP contribution in [0.2, 0.25) is 0 Å². The lowest BCUT2D eigenvalue weighted by Gasteiger charge is -2.32. The number of carbonyl (C=O) groups excluding carboxylic acids is 1. The smallest absolute Gasteiger partial charge is 0.330 e. The molecule has 1 N–H and O–H groups in total. The highest BCUT2D eigenvalue weighted by Crippen LogP contribution is 2.21. The van der Waals surface area contributed by atoms with Crippen molar-refractivity contribution in [3.8, 4) is 17.9 Å². The molecule has 7 nitrogen and oxygen atoms in total. The Kier molecular flexibility index (Phi) is 7.38. The molecular weight excluding hydrogens is 402 g/mol. The van der Waals surface area contributed by atoms with E-state index < -0.39 is 0 Å². The van der Waals surface area contributed by atoms with Crippen molar-refractivity contribution in [2.75, 3.05) is 52.9 Å². The maximum Gasteiger partial charge on any atom is 0.330 e. The summed E-state index contributed by atoms with van der Waals surface area (Å²) in [6, 6.07) is 17.5. The molecule has 1 amide bonds. The fraction of sp³-hybridized carbons (Fsp3) is 0.360. The van der Waals surface area contributed by atoms with E-state index in [4.69, 9.17) is 4.74 Å². The van der Waals surface area contributed by atoms with Crippen LogP contribution in [0.5, 0.6) is 6.01 Å². The van der Waals surface area contributed by atoms with E-state index in [1.807, 2.05) is 54.6 Å². The summed E-state index contributed by atoms with van der Waals surface area (Å²) in [7, 11) is 2.14. The first-order chi connectivity index (χ1) is 15.7. The second-order valence-corrected chi connectivity index (χ2v) is 7.86. The Morgan fingerprint density at radius 2 is 1.81 bits per heavy atom. The van der Waals surface area contributed by atoms with Gasteiger partial charge in [-0.2, -0.15) is 4.98 Å². The summed E-state index contributed by atoms with van der Waals surface area (Å²) in [6.45, 7) is 5.94. The van der Waals surface area contributed by atoms with Gasteiger partial charge in [0.25, 0.3) is 0 Å². The van der Waals surface area contributed by atoms with E-state index in [2.05, 4.69) is 39.0 Å². The molecule has 1 saturated heterocycles. The van der Waals surface area contributed by atoms with Crippen LogP contribution in [0, 0.1) is 11.8 Å². The summed E-state index contributed by atoms with van der Waals surface area (Å²) in [6.07, 6.45) is 0.562. The zero-order chi connectivity index (χ0) is 22.2. The molecule has 0 spiro atoms. The number of amides is 1. The van der Waals surface area contributed by atoms with Gasteiger partial charge in [0, 0.05) is 51.3 Å². The maximum atomic E-state index is 12.9. The van der Waals surface area contributed by atoms with E-state index in [9.17, 15) is 4.79 Å². The molecule has 7 heteroatoms. The Morgan fingerprint density at radius 3 is 2.62 bits per heavy atom. The van der Waals surface area contributed by atoms with Gasteiger partial charge in [0.15, 0.2) is 0 Å². The summed E-state index contributed by atoms with van der Waals surface area (Å²) in [4.78, 5) is 22.2. The van der Waals surface area contributed by atoms with Crippen molar-refractivity contribution in [3.63, 3.8) is 0 Å². The Hall–Kier alpha value is -3.34. The average molecular weight is 432 g/mol. The Labute approximate surface area is 189 Å². The molecule has 0 unspecified atom stereocenters. The van der Waals surface area contributed by atoms with E-state index >= 15 is 0 Å². The molecule has 166 valence electrons. The first-order valence-electron chi connectivity index (χ1n) is 11.0. The third-order valence-corrected chi connectivity index (χ3v) is 5.50. The van der Waals surface area contributed by atoms with Crippen molar-refractivity contribution in [2.45, 2.75) is 6.42 Å².